The standard InChI is InChI=1S/C16H17N3O3S/c1-17-9-10-22-14-7-8-16-13(11-14)12-18-19(16)23(20,21)15-5-3-2-4-6-15/h2-8,11-12,17H,9-10H2,1H3. The zero-order valence-electron chi connectivity index (χ0n) is 12.6. The van der Waals surface area contributed by atoms with Crippen LogP contribution in [0.5, 0.6) is 5.75 Å². The van der Waals surface area contributed by atoms with Crippen molar-refractivity contribution in [3.05, 3.63) is 54.7 Å². The first-order valence-corrected chi connectivity index (χ1v) is 8.63. The van der Waals surface area contributed by atoms with Crippen LogP contribution in [0.4, 0.5) is 0 Å². The summed E-state index contributed by atoms with van der Waals surface area (Å²) in [4.78, 5) is 0.208. The largest absolute Gasteiger partial charge is 0.492 e. The topological polar surface area (TPSA) is 73.2 Å². The minimum atomic E-state index is -3.70. The van der Waals surface area contributed by atoms with Gasteiger partial charge in [0.1, 0.15) is 12.4 Å². The molecule has 120 valence electrons. The molecule has 6 nitrogen and oxygen atoms in total. The fourth-order valence-corrected chi connectivity index (χ4v) is 3.53. The van der Waals surface area contributed by atoms with Gasteiger partial charge in [0, 0.05) is 11.9 Å². The Kier molecular flexibility index (Phi) is 4.31. The molecule has 0 aliphatic rings. The van der Waals surface area contributed by atoms with E-state index in [1.807, 2.05) is 7.05 Å². The Bertz CT molecular complexity index is 905. The second kappa shape index (κ2) is 6.39. The van der Waals surface area contributed by atoms with Gasteiger partial charge in [0.05, 0.1) is 16.6 Å². The molecule has 0 radical (unpaired) electrons. The van der Waals surface area contributed by atoms with E-state index in [0.717, 1.165) is 10.6 Å². The summed E-state index contributed by atoms with van der Waals surface area (Å²) in [6.45, 7) is 1.28. The third kappa shape index (κ3) is 3.06. The van der Waals surface area contributed by atoms with Crippen molar-refractivity contribution in [1.29, 1.82) is 0 Å². The maximum Gasteiger partial charge on any atom is 0.283 e. The molecule has 0 unspecified atom stereocenters. The summed E-state index contributed by atoms with van der Waals surface area (Å²) < 4.78 is 32.0. The summed E-state index contributed by atoms with van der Waals surface area (Å²) in [5, 5.41) is 7.75. The van der Waals surface area contributed by atoms with Gasteiger partial charge in [-0.1, -0.05) is 18.2 Å². The number of ether oxygens (including phenoxy) is 1. The SMILES string of the molecule is CNCCOc1ccc2c(cnn2S(=O)(=O)c2ccccc2)c1. The Morgan fingerprint density at radius 3 is 2.70 bits per heavy atom. The van der Waals surface area contributed by atoms with Crippen molar-refractivity contribution in [2.75, 3.05) is 20.2 Å². The number of likely N-dealkylation sites (N-methyl/N-ethyl adjacent to an activating group) is 1. The number of nitrogens with zero attached hydrogens (tertiary/aromatic N) is 2. The molecule has 1 heterocycles. The molecule has 0 amide bonds. The smallest absolute Gasteiger partial charge is 0.283 e. The quantitative estimate of drug-likeness (QED) is 0.698. The summed E-state index contributed by atoms with van der Waals surface area (Å²) in [6, 6.07) is 13.5. The lowest BCUT2D eigenvalue weighted by Crippen LogP contribution is -2.16. The van der Waals surface area contributed by atoms with Crippen LogP contribution in [-0.2, 0) is 10.0 Å². The van der Waals surface area contributed by atoms with Crippen molar-refractivity contribution in [2.24, 2.45) is 0 Å². The molecule has 1 aromatic heterocycles. The van der Waals surface area contributed by atoms with Crippen LogP contribution >= 0.6 is 0 Å². The van der Waals surface area contributed by atoms with Crippen LogP contribution < -0.4 is 10.1 Å². The Morgan fingerprint density at radius 1 is 1.17 bits per heavy atom. The Hall–Kier alpha value is -2.38. The van der Waals surface area contributed by atoms with Crippen molar-refractivity contribution in [2.45, 2.75) is 4.90 Å². The number of rotatable bonds is 6. The fraction of sp³-hybridized carbons (Fsp3) is 0.188. The van der Waals surface area contributed by atoms with E-state index in [4.69, 9.17) is 4.74 Å². The van der Waals surface area contributed by atoms with Crippen molar-refractivity contribution in [3.63, 3.8) is 0 Å². The fourth-order valence-electron chi connectivity index (χ4n) is 2.23. The second-order valence-corrected chi connectivity index (χ2v) is 6.75. The van der Waals surface area contributed by atoms with Gasteiger partial charge in [-0.3, -0.25) is 0 Å². The first kappa shape index (κ1) is 15.5. The first-order valence-electron chi connectivity index (χ1n) is 7.19. The van der Waals surface area contributed by atoms with Crippen molar-refractivity contribution in [3.8, 4) is 5.75 Å². The number of benzene rings is 2. The predicted molar refractivity (Wildman–Crippen MR) is 88.2 cm³/mol. The highest BCUT2D eigenvalue weighted by Crippen LogP contribution is 2.24. The number of hydrogen-bond acceptors (Lipinski definition) is 5. The van der Waals surface area contributed by atoms with Crippen LogP contribution in [0, 0.1) is 0 Å². The summed E-state index contributed by atoms with van der Waals surface area (Å²) in [6.07, 6.45) is 1.53. The highest BCUT2D eigenvalue weighted by molar-refractivity contribution is 7.90. The lowest BCUT2D eigenvalue weighted by atomic mass is 10.2. The maximum atomic E-state index is 12.7. The molecular formula is C16H17N3O3S. The molecule has 0 aliphatic heterocycles. The van der Waals surface area contributed by atoms with E-state index in [1.54, 1.807) is 48.5 Å². The molecule has 0 atom stereocenters. The molecule has 23 heavy (non-hydrogen) atoms. The van der Waals surface area contributed by atoms with E-state index in [0.29, 0.717) is 23.3 Å². The molecule has 0 saturated carbocycles. The van der Waals surface area contributed by atoms with Crippen LogP contribution in [0.25, 0.3) is 10.9 Å². The molecule has 3 aromatic rings. The minimum absolute atomic E-state index is 0.208. The van der Waals surface area contributed by atoms with Crippen LogP contribution in [-0.4, -0.2) is 37.8 Å². The van der Waals surface area contributed by atoms with E-state index in [9.17, 15) is 8.42 Å². The van der Waals surface area contributed by atoms with Gasteiger partial charge in [-0.2, -0.15) is 17.6 Å². The lowest BCUT2D eigenvalue weighted by Gasteiger charge is -2.07. The normalized spacial score (nSPS) is 11.7. The number of aromatic nitrogens is 2. The highest BCUT2D eigenvalue weighted by atomic mass is 32.2. The number of nitrogens with one attached hydrogen (secondary N) is 1. The van der Waals surface area contributed by atoms with E-state index in [1.165, 1.54) is 6.20 Å². The summed E-state index contributed by atoms with van der Waals surface area (Å²) in [7, 11) is -1.85. The van der Waals surface area contributed by atoms with Crippen LogP contribution in [0.2, 0.25) is 0 Å². The van der Waals surface area contributed by atoms with Crippen molar-refractivity contribution >= 4 is 20.9 Å². The molecule has 7 heteroatoms. The Labute approximate surface area is 134 Å². The zero-order chi connectivity index (χ0) is 16.3. The first-order chi connectivity index (χ1) is 11.1. The predicted octanol–water partition coefficient (Wildman–Crippen LogP) is 1.87. The van der Waals surface area contributed by atoms with E-state index in [2.05, 4.69) is 10.4 Å². The van der Waals surface area contributed by atoms with Crippen molar-refractivity contribution < 1.29 is 13.2 Å². The molecule has 0 fully saturated rings. The zero-order valence-corrected chi connectivity index (χ0v) is 13.5. The summed E-state index contributed by atoms with van der Waals surface area (Å²) >= 11 is 0. The van der Waals surface area contributed by atoms with Crippen LogP contribution in [0.1, 0.15) is 0 Å². The molecule has 1 N–H and O–H groups in total. The van der Waals surface area contributed by atoms with Gasteiger partial charge in [-0.05, 0) is 37.4 Å². The van der Waals surface area contributed by atoms with Gasteiger partial charge in [-0.15, -0.1) is 0 Å². The third-order valence-corrected chi connectivity index (χ3v) is 5.01. The third-order valence-electron chi connectivity index (χ3n) is 3.40. The summed E-state index contributed by atoms with van der Waals surface area (Å²) in [5.41, 5.74) is 0.523. The van der Waals surface area contributed by atoms with Crippen LogP contribution in [0.3, 0.4) is 0 Å². The average Bonchev–Trinajstić information content (AvgIpc) is 3.00. The van der Waals surface area contributed by atoms with E-state index < -0.39 is 10.0 Å². The molecular weight excluding hydrogens is 314 g/mol. The number of hydrogen-bond donors (Lipinski definition) is 1. The molecule has 0 spiro atoms. The maximum absolute atomic E-state index is 12.7. The Balaban J connectivity index is 1.97. The lowest BCUT2D eigenvalue weighted by molar-refractivity contribution is 0.319. The average molecular weight is 331 g/mol. The molecule has 2 aromatic carbocycles. The highest BCUT2D eigenvalue weighted by Gasteiger charge is 2.20. The Morgan fingerprint density at radius 2 is 1.96 bits per heavy atom. The summed E-state index contributed by atoms with van der Waals surface area (Å²) in [5.74, 6) is 0.685. The van der Waals surface area contributed by atoms with Crippen LogP contribution in [0.15, 0.2) is 59.6 Å². The van der Waals surface area contributed by atoms with Gasteiger partial charge >= 0.3 is 0 Å². The molecule has 0 bridgehead atoms. The van der Waals surface area contributed by atoms with E-state index >= 15 is 0 Å². The van der Waals surface area contributed by atoms with Gasteiger partial charge in [0.25, 0.3) is 10.0 Å². The van der Waals surface area contributed by atoms with Gasteiger partial charge in [0.2, 0.25) is 0 Å². The van der Waals surface area contributed by atoms with E-state index in [-0.39, 0.29) is 4.90 Å². The molecule has 3 rings (SSSR count). The van der Waals surface area contributed by atoms with Gasteiger partial charge in [0.15, 0.2) is 0 Å². The van der Waals surface area contributed by atoms with Gasteiger partial charge in [-0.25, -0.2) is 0 Å². The molecule has 0 saturated heterocycles. The molecule has 0 aliphatic carbocycles. The van der Waals surface area contributed by atoms with Gasteiger partial charge < -0.3 is 10.1 Å². The second-order valence-electron chi connectivity index (χ2n) is 4.98. The number of fused-ring (bicyclic) bond motifs is 1. The monoisotopic (exact) mass is 331 g/mol. The minimum Gasteiger partial charge on any atom is -0.492 e. The van der Waals surface area contributed by atoms with Crippen molar-refractivity contribution in [1.82, 2.24) is 14.5 Å².